The summed E-state index contributed by atoms with van der Waals surface area (Å²) in [7, 11) is 2.05. The fourth-order valence-electron chi connectivity index (χ4n) is 5.77. The second-order valence-electron chi connectivity index (χ2n) is 11.0. The van der Waals surface area contributed by atoms with Gasteiger partial charge >= 0.3 is 0 Å². The maximum absolute atomic E-state index is 13.3. The number of carbonyl (C=O) groups excluding carboxylic acids is 2. The monoisotopic (exact) mass is 554 g/mol. The molecular weight excluding hydrogens is 520 g/mol. The molecule has 0 aliphatic carbocycles. The molecule has 1 saturated heterocycles. The molecule has 4 aromatic rings. The summed E-state index contributed by atoms with van der Waals surface area (Å²) in [5.74, 6) is 0.703. The third-order valence-electron chi connectivity index (χ3n) is 8.00. The zero-order valence-corrected chi connectivity index (χ0v) is 23.5. The number of nitrogens with one attached hydrogen (secondary N) is 3. The van der Waals surface area contributed by atoms with E-state index in [1.54, 1.807) is 24.4 Å². The van der Waals surface area contributed by atoms with E-state index < -0.39 is 0 Å². The summed E-state index contributed by atoms with van der Waals surface area (Å²) in [6.07, 6.45) is 3.86. The van der Waals surface area contributed by atoms with Gasteiger partial charge in [0.15, 0.2) is 0 Å². The largest absolute Gasteiger partial charge is 0.493 e. The Bertz CT molecular complexity index is 1650. The van der Waals surface area contributed by atoms with E-state index in [2.05, 4.69) is 38.2 Å². The predicted molar refractivity (Wildman–Crippen MR) is 158 cm³/mol. The van der Waals surface area contributed by atoms with Crippen molar-refractivity contribution < 1.29 is 14.3 Å². The molecule has 1 fully saturated rings. The number of aryl methyl sites for hydroxylation is 2. The Labute approximate surface area is 237 Å². The van der Waals surface area contributed by atoms with Crippen molar-refractivity contribution in [1.82, 2.24) is 24.8 Å². The summed E-state index contributed by atoms with van der Waals surface area (Å²) in [6.45, 7) is 6.91. The molecule has 0 saturated carbocycles. The number of nitrogens with zero attached hydrogens (tertiary/aromatic N) is 3. The lowest BCUT2D eigenvalue weighted by atomic mass is 10.0. The number of benzene rings is 2. The van der Waals surface area contributed by atoms with Crippen molar-refractivity contribution in [3.05, 3.63) is 75.2 Å². The van der Waals surface area contributed by atoms with E-state index in [4.69, 9.17) is 4.74 Å². The summed E-state index contributed by atoms with van der Waals surface area (Å²) < 4.78 is 5.93. The molecule has 3 N–H and O–H groups in total. The Morgan fingerprint density at radius 2 is 1.78 bits per heavy atom. The molecule has 41 heavy (non-hydrogen) atoms. The number of imide groups is 1. The average molecular weight is 555 g/mol. The molecule has 0 atom stereocenters. The maximum Gasteiger partial charge on any atom is 0.261 e. The number of H-pyrrole nitrogens is 2. The van der Waals surface area contributed by atoms with Crippen LogP contribution in [0.3, 0.4) is 0 Å². The zero-order valence-electron chi connectivity index (χ0n) is 23.5. The molecule has 0 spiro atoms. The van der Waals surface area contributed by atoms with Crippen molar-refractivity contribution in [2.24, 2.45) is 0 Å². The van der Waals surface area contributed by atoms with Crippen LogP contribution in [-0.4, -0.2) is 75.9 Å². The van der Waals surface area contributed by atoms with Gasteiger partial charge in [-0.3, -0.25) is 19.3 Å². The van der Waals surface area contributed by atoms with Crippen LogP contribution in [0.2, 0.25) is 0 Å². The van der Waals surface area contributed by atoms with Gasteiger partial charge in [0.2, 0.25) is 0 Å². The van der Waals surface area contributed by atoms with E-state index in [-0.39, 0.29) is 23.4 Å². The van der Waals surface area contributed by atoms with Gasteiger partial charge in [0, 0.05) is 18.8 Å². The lowest BCUT2D eigenvalue weighted by molar-refractivity contribution is 0.0516. The Hall–Kier alpha value is -4.44. The van der Waals surface area contributed by atoms with Gasteiger partial charge in [0.25, 0.3) is 17.4 Å². The summed E-state index contributed by atoms with van der Waals surface area (Å²) in [5, 5.41) is 3.33. The lowest BCUT2D eigenvalue weighted by Gasteiger charge is -2.33. The van der Waals surface area contributed by atoms with Crippen LogP contribution in [0.4, 0.5) is 5.69 Å². The topological polar surface area (TPSA) is 123 Å². The van der Waals surface area contributed by atoms with Crippen LogP contribution in [0.25, 0.3) is 22.4 Å². The number of amides is 2. The van der Waals surface area contributed by atoms with E-state index in [0.29, 0.717) is 52.4 Å². The van der Waals surface area contributed by atoms with Crippen LogP contribution in [0.5, 0.6) is 5.75 Å². The minimum absolute atomic E-state index is 0.0942. The molecule has 2 aromatic carbocycles. The van der Waals surface area contributed by atoms with Gasteiger partial charge in [-0.15, -0.1) is 0 Å². The molecule has 0 unspecified atom stereocenters. The Morgan fingerprint density at radius 3 is 2.54 bits per heavy atom. The van der Waals surface area contributed by atoms with Crippen LogP contribution in [0, 0.1) is 13.8 Å². The first kappa shape index (κ1) is 26.8. The van der Waals surface area contributed by atoms with E-state index in [1.807, 2.05) is 26.1 Å². The average Bonchev–Trinajstić information content (AvgIpc) is 3.46. The molecular formula is C31H34N6O4. The lowest BCUT2D eigenvalue weighted by Crippen LogP contribution is -2.46. The van der Waals surface area contributed by atoms with Gasteiger partial charge in [-0.05, 0) is 83.1 Å². The number of hydrogen-bond donors (Lipinski definition) is 3. The first-order valence-corrected chi connectivity index (χ1v) is 14.1. The summed E-state index contributed by atoms with van der Waals surface area (Å²) in [5.41, 5.74) is 4.86. The highest BCUT2D eigenvalue weighted by Gasteiger charge is 2.41. The number of imidazole rings is 1. The number of ether oxygens (including phenoxy) is 1. The number of fused-ring (bicyclic) bond motifs is 2. The number of hydrogen-bond acceptors (Lipinski definition) is 7. The first-order valence-electron chi connectivity index (χ1n) is 14.1. The number of aromatic nitrogens is 3. The van der Waals surface area contributed by atoms with Gasteiger partial charge in [-0.2, -0.15) is 0 Å². The third-order valence-corrected chi connectivity index (χ3v) is 8.00. The highest BCUT2D eigenvalue weighted by molar-refractivity contribution is 6.23. The number of likely N-dealkylation sites (tertiary alicyclic amines) is 1. The fraction of sp³-hybridized carbons (Fsp3) is 0.355. The smallest absolute Gasteiger partial charge is 0.261 e. The summed E-state index contributed by atoms with van der Waals surface area (Å²) in [4.78, 5) is 53.7. The minimum atomic E-state index is -0.297. The summed E-state index contributed by atoms with van der Waals surface area (Å²) in [6, 6.07) is 11.2. The molecule has 6 rings (SSSR count). The molecule has 2 aliphatic rings. The third kappa shape index (κ3) is 5.11. The molecule has 2 aliphatic heterocycles. The van der Waals surface area contributed by atoms with E-state index >= 15 is 0 Å². The van der Waals surface area contributed by atoms with Crippen molar-refractivity contribution in [2.45, 2.75) is 39.2 Å². The van der Waals surface area contributed by atoms with Gasteiger partial charge in [-0.1, -0.05) is 17.7 Å². The Balaban J connectivity index is 1.18. The van der Waals surface area contributed by atoms with Crippen molar-refractivity contribution in [3.63, 3.8) is 0 Å². The van der Waals surface area contributed by atoms with Gasteiger partial charge in [-0.25, -0.2) is 4.98 Å². The number of pyridine rings is 1. The molecule has 2 aromatic heterocycles. The number of carbonyl (C=O) groups is 2. The predicted octanol–water partition coefficient (Wildman–Crippen LogP) is 4.11. The number of rotatable bonds is 8. The van der Waals surface area contributed by atoms with Gasteiger partial charge in [0.1, 0.15) is 17.1 Å². The van der Waals surface area contributed by atoms with E-state index in [0.717, 1.165) is 43.7 Å². The second kappa shape index (κ2) is 10.9. The van der Waals surface area contributed by atoms with Crippen LogP contribution in [0.15, 0.2) is 47.4 Å². The van der Waals surface area contributed by atoms with Crippen LogP contribution in [0.1, 0.15) is 51.1 Å². The number of anilines is 1. The van der Waals surface area contributed by atoms with Crippen molar-refractivity contribution >= 4 is 28.5 Å². The second-order valence-corrected chi connectivity index (χ2v) is 11.0. The molecule has 0 radical (unpaired) electrons. The van der Waals surface area contributed by atoms with Crippen LogP contribution in [-0.2, 0) is 0 Å². The first-order chi connectivity index (χ1) is 19.8. The van der Waals surface area contributed by atoms with Crippen LogP contribution < -0.4 is 15.6 Å². The molecule has 0 bridgehead atoms. The molecule has 212 valence electrons. The SMILES string of the molecule is Cc1ccc(OCCCNc2cc[nH]c(=O)c2-c2nc3cc4c(cc3[nH]2)C(=O)N(C2CCN(C)CC2)C4=O)c(C)c1. The Kier molecular flexibility index (Phi) is 7.08. The van der Waals surface area contributed by atoms with E-state index in [1.165, 1.54) is 10.5 Å². The van der Waals surface area contributed by atoms with Crippen molar-refractivity contribution in [1.29, 1.82) is 0 Å². The van der Waals surface area contributed by atoms with Gasteiger partial charge < -0.3 is 24.9 Å². The molecule has 10 heteroatoms. The van der Waals surface area contributed by atoms with E-state index in [9.17, 15) is 14.4 Å². The van der Waals surface area contributed by atoms with Gasteiger partial charge in [0.05, 0.1) is 34.5 Å². The number of piperidine rings is 1. The van der Waals surface area contributed by atoms with Crippen LogP contribution >= 0.6 is 0 Å². The zero-order chi connectivity index (χ0) is 28.7. The molecule has 2 amide bonds. The van der Waals surface area contributed by atoms with Crippen molar-refractivity contribution in [3.8, 4) is 17.1 Å². The van der Waals surface area contributed by atoms with Crippen molar-refractivity contribution in [2.75, 3.05) is 38.6 Å². The highest BCUT2D eigenvalue weighted by atomic mass is 16.5. The molecule has 4 heterocycles. The fourth-order valence-corrected chi connectivity index (χ4v) is 5.77. The quantitative estimate of drug-likeness (QED) is 0.221. The number of aromatic amines is 2. The maximum atomic E-state index is 13.3. The normalized spacial score (nSPS) is 16.0. The standard InChI is InChI=1S/C31H34N6O4/c1-18-5-6-26(19(2)15-18)41-14-4-10-32-23-7-11-33-29(38)27(23)28-34-24-16-21-22(17-25(24)35-28)31(40)37(30(21)39)20-8-12-36(3)13-9-20/h5-7,11,15-17,20H,4,8-10,12-14H2,1-3H3,(H,34,35)(H2,32,33,38). The minimum Gasteiger partial charge on any atom is -0.493 e. The Morgan fingerprint density at radius 1 is 1.02 bits per heavy atom. The highest BCUT2D eigenvalue weighted by Crippen LogP contribution is 2.32. The summed E-state index contributed by atoms with van der Waals surface area (Å²) >= 11 is 0. The molecule has 10 nitrogen and oxygen atoms in total.